The van der Waals surface area contributed by atoms with E-state index in [-0.39, 0.29) is 21.7 Å². The van der Waals surface area contributed by atoms with Crippen LogP contribution in [0.25, 0.3) is 12.2 Å². The van der Waals surface area contributed by atoms with Gasteiger partial charge in [-0.25, -0.2) is 13.2 Å². The number of non-ortho nitro benzene ring substituents is 1. The minimum absolute atomic E-state index is 0.0587. The van der Waals surface area contributed by atoms with Gasteiger partial charge < -0.3 is 5.11 Å². The largest absolute Gasteiger partial charge is 0.478 e. The lowest BCUT2D eigenvalue weighted by atomic mass is 10.0. The molecule has 0 unspecified atom stereocenters. The lowest BCUT2D eigenvalue weighted by Crippen LogP contribution is -2.29. The van der Waals surface area contributed by atoms with E-state index in [4.69, 9.17) is 11.6 Å². The Kier molecular flexibility index (Phi) is 7.70. The molecule has 10 heteroatoms. The highest BCUT2D eigenvalue weighted by molar-refractivity contribution is 7.89. The first-order chi connectivity index (χ1) is 16.1. The summed E-state index contributed by atoms with van der Waals surface area (Å²) in [5.74, 6) is -1.23. The van der Waals surface area contributed by atoms with Crippen molar-refractivity contribution in [3.8, 4) is 0 Å². The molecule has 0 aliphatic carbocycles. The number of nitro groups is 1. The molecule has 0 saturated heterocycles. The molecule has 1 N–H and O–H groups in total. The Morgan fingerprint density at radius 2 is 1.97 bits per heavy atom. The second-order valence-electron chi connectivity index (χ2n) is 7.40. The van der Waals surface area contributed by atoms with Crippen LogP contribution in [0.3, 0.4) is 0 Å². The van der Waals surface area contributed by atoms with Crippen molar-refractivity contribution < 1.29 is 23.2 Å². The minimum atomic E-state index is -3.84. The summed E-state index contributed by atoms with van der Waals surface area (Å²) in [6.07, 6.45) is 8.94. The maximum absolute atomic E-state index is 13.2. The first-order valence-electron chi connectivity index (χ1n) is 10.1. The van der Waals surface area contributed by atoms with Crippen LogP contribution in [0.1, 0.15) is 34.3 Å². The molecule has 0 aromatic heterocycles. The molecule has 34 heavy (non-hydrogen) atoms. The SMILES string of the molecule is C=C/C(Cl)=C\C1=CN(S(=O)(=O)c2cccc(/C=C\c3cc([N+](=O)[O-])ccc3C(=O)O)c2)CCC1. The normalized spacial score (nSPS) is 14.7. The summed E-state index contributed by atoms with van der Waals surface area (Å²) in [5, 5.41) is 20.8. The summed E-state index contributed by atoms with van der Waals surface area (Å²) in [5.41, 5.74) is 1.02. The van der Waals surface area contributed by atoms with Crippen molar-refractivity contribution in [3.05, 3.63) is 105 Å². The Labute approximate surface area is 202 Å². The molecule has 176 valence electrons. The first kappa shape index (κ1) is 24.9. The van der Waals surface area contributed by atoms with Gasteiger partial charge in [0.15, 0.2) is 0 Å². The second kappa shape index (κ2) is 10.5. The predicted octanol–water partition coefficient (Wildman–Crippen LogP) is 5.44. The Bertz CT molecular complexity index is 1340. The topological polar surface area (TPSA) is 118 Å². The average molecular weight is 501 g/mol. The molecular weight excluding hydrogens is 480 g/mol. The van der Waals surface area contributed by atoms with Crippen molar-refractivity contribution in [1.82, 2.24) is 4.31 Å². The highest BCUT2D eigenvalue weighted by Gasteiger charge is 2.24. The fourth-order valence-electron chi connectivity index (χ4n) is 3.38. The smallest absolute Gasteiger partial charge is 0.336 e. The molecule has 8 nitrogen and oxygen atoms in total. The van der Waals surface area contributed by atoms with Crippen LogP contribution < -0.4 is 0 Å². The number of sulfonamides is 1. The molecule has 0 spiro atoms. The fraction of sp³-hybridized carbons (Fsp3) is 0.125. The van der Waals surface area contributed by atoms with Gasteiger partial charge in [0, 0.05) is 29.9 Å². The quantitative estimate of drug-likeness (QED) is 0.223. The van der Waals surface area contributed by atoms with Crippen molar-refractivity contribution in [3.63, 3.8) is 0 Å². The van der Waals surface area contributed by atoms with E-state index in [2.05, 4.69) is 6.58 Å². The zero-order valence-corrected chi connectivity index (χ0v) is 19.5. The van der Waals surface area contributed by atoms with E-state index in [1.165, 1.54) is 34.7 Å². The van der Waals surface area contributed by atoms with Crippen molar-refractivity contribution >= 4 is 45.4 Å². The van der Waals surface area contributed by atoms with E-state index in [9.17, 15) is 28.4 Å². The standard InChI is InChI=1S/C24H21ClN2O6S/c1-2-20(25)13-18-6-4-12-26(16-18)34(32,33)22-7-3-5-17(14-22)8-9-19-15-21(27(30)31)10-11-23(19)24(28)29/h2-3,5,7-11,13-16H,1,4,6,12H2,(H,28,29)/b9-8-,20-13+. The summed E-state index contributed by atoms with van der Waals surface area (Å²) in [4.78, 5) is 22.0. The molecule has 1 heterocycles. The number of carboxylic acid groups (broad SMARTS) is 1. The second-order valence-corrected chi connectivity index (χ2v) is 9.72. The van der Waals surface area contributed by atoms with Gasteiger partial charge in [-0.05, 0) is 53.8 Å². The van der Waals surface area contributed by atoms with Crippen LogP contribution >= 0.6 is 11.6 Å². The van der Waals surface area contributed by atoms with Gasteiger partial charge in [0.1, 0.15) is 0 Å². The van der Waals surface area contributed by atoms with Gasteiger partial charge in [-0.3, -0.25) is 14.4 Å². The van der Waals surface area contributed by atoms with Gasteiger partial charge in [-0.15, -0.1) is 0 Å². The Morgan fingerprint density at radius 3 is 2.65 bits per heavy atom. The van der Waals surface area contributed by atoms with Crippen LogP contribution in [-0.2, 0) is 10.0 Å². The number of hydrogen-bond donors (Lipinski definition) is 1. The van der Waals surface area contributed by atoms with Crippen molar-refractivity contribution in [2.45, 2.75) is 17.7 Å². The van der Waals surface area contributed by atoms with E-state index in [0.29, 0.717) is 30.0 Å². The summed E-state index contributed by atoms with van der Waals surface area (Å²) in [7, 11) is -3.84. The first-order valence-corrected chi connectivity index (χ1v) is 12.0. The number of rotatable bonds is 8. The van der Waals surface area contributed by atoms with Crippen LogP contribution in [0.5, 0.6) is 0 Å². The van der Waals surface area contributed by atoms with E-state index in [1.807, 2.05) is 0 Å². The Hall–Kier alpha value is -3.69. The van der Waals surface area contributed by atoms with Gasteiger partial charge in [-0.2, -0.15) is 0 Å². The molecule has 2 aromatic carbocycles. The lowest BCUT2D eigenvalue weighted by molar-refractivity contribution is -0.384. The van der Waals surface area contributed by atoms with E-state index >= 15 is 0 Å². The maximum Gasteiger partial charge on any atom is 0.336 e. The molecule has 1 aliphatic heterocycles. The zero-order chi connectivity index (χ0) is 24.9. The van der Waals surface area contributed by atoms with Crippen LogP contribution in [0.15, 0.2) is 82.9 Å². The number of benzene rings is 2. The van der Waals surface area contributed by atoms with E-state index < -0.39 is 20.9 Å². The third-order valence-corrected chi connectivity index (χ3v) is 7.09. The summed E-state index contributed by atoms with van der Waals surface area (Å²) >= 11 is 5.99. The minimum Gasteiger partial charge on any atom is -0.478 e. The lowest BCUT2D eigenvalue weighted by Gasteiger charge is -2.25. The van der Waals surface area contributed by atoms with Crippen molar-refractivity contribution in [1.29, 1.82) is 0 Å². The molecule has 0 bridgehead atoms. The Balaban J connectivity index is 1.94. The van der Waals surface area contributed by atoms with E-state index in [1.54, 1.807) is 24.4 Å². The number of nitro benzene ring substituents is 1. The van der Waals surface area contributed by atoms with Gasteiger partial charge in [-0.1, -0.05) is 48.5 Å². The average Bonchev–Trinajstić information content (AvgIpc) is 2.82. The van der Waals surface area contributed by atoms with Gasteiger partial charge >= 0.3 is 5.97 Å². The molecule has 0 radical (unpaired) electrons. The molecule has 0 fully saturated rings. The van der Waals surface area contributed by atoms with Gasteiger partial charge in [0.25, 0.3) is 15.7 Å². The molecule has 0 atom stereocenters. The highest BCUT2D eigenvalue weighted by Crippen LogP contribution is 2.26. The highest BCUT2D eigenvalue weighted by atomic mass is 35.5. The number of allylic oxidation sites excluding steroid dienone is 4. The van der Waals surface area contributed by atoms with Crippen LogP contribution in [0, 0.1) is 10.1 Å². The molecule has 0 saturated carbocycles. The zero-order valence-electron chi connectivity index (χ0n) is 17.9. The number of nitrogens with zero attached hydrogens (tertiary/aromatic N) is 2. The third kappa shape index (κ3) is 5.81. The molecule has 1 aliphatic rings. The monoisotopic (exact) mass is 500 g/mol. The molecule has 3 rings (SSSR count). The number of carboxylic acids is 1. The summed E-state index contributed by atoms with van der Waals surface area (Å²) in [6.45, 7) is 3.91. The van der Waals surface area contributed by atoms with Crippen molar-refractivity contribution in [2.75, 3.05) is 6.54 Å². The van der Waals surface area contributed by atoms with E-state index in [0.717, 1.165) is 23.8 Å². The van der Waals surface area contributed by atoms with Crippen molar-refractivity contribution in [2.24, 2.45) is 0 Å². The number of hydrogen-bond acceptors (Lipinski definition) is 5. The molecule has 2 aromatic rings. The predicted molar refractivity (Wildman–Crippen MR) is 131 cm³/mol. The summed E-state index contributed by atoms with van der Waals surface area (Å²) < 4.78 is 27.7. The third-order valence-electron chi connectivity index (χ3n) is 5.07. The molecule has 0 amide bonds. The van der Waals surface area contributed by atoms with Crippen LogP contribution in [0.2, 0.25) is 0 Å². The molecular formula is C24H21ClN2O6S. The number of halogens is 1. The maximum atomic E-state index is 13.2. The van der Waals surface area contributed by atoms with Gasteiger partial charge in [0.05, 0.1) is 15.4 Å². The van der Waals surface area contributed by atoms with Crippen LogP contribution in [0.4, 0.5) is 5.69 Å². The van der Waals surface area contributed by atoms with Crippen LogP contribution in [-0.4, -0.2) is 35.3 Å². The van der Waals surface area contributed by atoms with Gasteiger partial charge in [0.2, 0.25) is 0 Å². The number of aromatic carboxylic acids is 1. The Morgan fingerprint density at radius 1 is 1.21 bits per heavy atom. The fourth-order valence-corrected chi connectivity index (χ4v) is 4.97. The number of carbonyl (C=O) groups is 1. The summed E-state index contributed by atoms with van der Waals surface area (Å²) in [6, 6.07) is 9.58.